The van der Waals surface area contributed by atoms with Gasteiger partial charge in [0.15, 0.2) is 0 Å². The first-order chi connectivity index (χ1) is 9.99. The van der Waals surface area contributed by atoms with E-state index in [1.165, 1.54) is 29.1 Å². The second-order valence-electron chi connectivity index (χ2n) is 4.55. The number of fused-ring (bicyclic) bond motifs is 1. The third kappa shape index (κ3) is 3.41. The highest BCUT2D eigenvalue weighted by atomic mass is 16.6. The van der Waals surface area contributed by atoms with Gasteiger partial charge in [-0.15, -0.1) is 0 Å². The fourth-order valence-corrected chi connectivity index (χ4v) is 1.98. The van der Waals surface area contributed by atoms with Crippen LogP contribution in [0.4, 0.5) is 5.69 Å². The van der Waals surface area contributed by atoms with Gasteiger partial charge >= 0.3 is 5.97 Å². The zero-order chi connectivity index (χ0) is 15.4. The summed E-state index contributed by atoms with van der Waals surface area (Å²) < 4.78 is 1.34. The monoisotopic (exact) mass is 291 g/mol. The Labute approximate surface area is 118 Å². The average molecular weight is 291 g/mol. The summed E-state index contributed by atoms with van der Waals surface area (Å²) in [6, 6.07) is 3.94. The largest absolute Gasteiger partial charge is 0.481 e. The number of rotatable bonds is 6. The number of nitrogens with zero attached hydrogens (tertiary/aromatic N) is 3. The zero-order valence-corrected chi connectivity index (χ0v) is 11.1. The van der Waals surface area contributed by atoms with Gasteiger partial charge < -0.3 is 5.11 Å². The molecular weight excluding hydrogens is 278 g/mol. The highest BCUT2D eigenvalue weighted by Crippen LogP contribution is 2.16. The first-order valence-corrected chi connectivity index (χ1v) is 6.34. The predicted molar refractivity (Wildman–Crippen MR) is 74.1 cm³/mol. The van der Waals surface area contributed by atoms with Crippen molar-refractivity contribution in [1.29, 1.82) is 0 Å². The summed E-state index contributed by atoms with van der Waals surface area (Å²) in [5.41, 5.74) is -0.128. The van der Waals surface area contributed by atoms with Crippen LogP contribution in [-0.2, 0) is 11.3 Å². The van der Waals surface area contributed by atoms with Crippen molar-refractivity contribution in [2.75, 3.05) is 0 Å². The Kier molecular flexibility index (Phi) is 4.27. The lowest BCUT2D eigenvalue weighted by Gasteiger charge is -2.05. The molecule has 1 aromatic heterocycles. The van der Waals surface area contributed by atoms with E-state index in [0.29, 0.717) is 24.9 Å². The molecule has 0 aliphatic rings. The number of non-ortho nitro benzene ring substituents is 1. The minimum atomic E-state index is -0.880. The molecule has 0 bridgehead atoms. The summed E-state index contributed by atoms with van der Waals surface area (Å²) in [7, 11) is 0. The van der Waals surface area contributed by atoms with E-state index < -0.39 is 10.9 Å². The van der Waals surface area contributed by atoms with E-state index in [2.05, 4.69) is 4.98 Å². The number of unbranched alkanes of at least 4 members (excludes halogenated alkanes) is 1. The molecule has 2 rings (SSSR count). The number of carboxylic acids is 1. The van der Waals surface area contributed by atoms with Gasteiger partial charge in [0.05, 0.1) is 22.2 Å². The minimum Gasteiger partial charge on any atom is -0.481 e. The topological polar surface area (TPSA) is 115 Å². The fraction of sp³-hybridized carbons (Fsp3) is 0.308. The van der Waals surface area contributed by atoms with Crippen LogP contribution in [0.2, 0.25) is 0 Å². The molecule has 1 N–H and O–H groups in total. The van der Waals surface area contributed by atoms with Crippen molar-refractivity contribution in [3.8, 4) is 0 Å². The molecule has 0 spiro atoms. The van der Waals surface area contributed by atoms with Crippen LogP contribution in [0.5, 0.6) is 0 Å². The van der Waals surface area contributed by atoms with E-state index in [1.807, 2.05) is 0 Å². The molecule has 0 saturated heterocycles. The van der Waals surface area contributed by atoms with Crippen LogP contribution in [-0.4, -0.2) is 25.6 Å². The summed E-state index contributed by atoms with van der Waals surface area (Å²) in [4.78, 5) is 36.9. The second-order valence-corrected chi connectivity index (χ2v) is 4.55. The van der Waals surface area contributed by atoms with Crippen LogP contribution in [0.1, 0.15) is 19.3 Å². The number of carbonyl (C=O) groups is 1. The summed E-state index contributed by atoms with van der Waals surface area (Å²) in [5.74, 6) is -0.880. The Morgan fingerprint density at radius 3 is 2.81 bits per heavy atom. The molecule has 2 aromatic rings. The molecule has 0 amide bonds. The Hall–Kier alpha value is -2.77. The first-order valence-electron chi connectivity index (χ1n) is 6.34. The zero-order valence-electron chi connectivity index (χ0n) is 11.1. The van der Waals surface area contributed by atoms with Crippen LogP contribution in [0, 0.1) is 10.1 Å². The maximum absolute atomic E-state index is 12.2. The Morgan fingerprint density at radius 1 is 1.38 bits per heavy atom. The van der Waals surface area contributed by atoms with Crippen LogP contribution in [0.3, 0.4) is 0 Å². The van der Waals surface area contributed by atoms with Crippen molar-refractivity contribution in [2.45, 2.75) is 25.8 Å². The van der Waals surface area contributed by atoms with E-state index in [4.69, 9.17) is 5.11 Å². The van der Waals surface area contributed by atoms with Crippen molar-refractivity contribution < 1.29 is 14.8 Å². The highest BCUT2D eigenvalue weighted by Gasteiger charge is 2.10. The molecule has 1 heterocycles. The number of nitro groups is 1. The maximum Gasteiger partial charge on any atom is 0.303 e. The standard InChI is InChI=1S/C13H13N3O5/c17-12(18)3-1-2-6-15-8-14-11-5-4-9(16(20)21)7-10(11)13(15)19/h4-5,7-8H,1-3,6H2,(H,17,18). The van der Waals surface area contributed by atoms with E-state index in [1.54, 1.807) is 0 Å². The van der Waals surface area contributed by atoms with Crippen molar-refractivity contribution >= 4 is 22.6 Å². The molecule has 21 heavy (non-hydrogen) atoms. The lowest BCUT2D eigenvalue weighted by molar-refractivity contribution is -0.384. The van der Waals surface area contributed by atoms with Crippen LogP contribution >= 0.6 is 0 Å². The van der Waals surface area contributed by atoms with Crippen molar-refractivity contribution in [1.82, 2.24) is 9.55 Å². The molecule has 0 saturated carbocycles. The number of aromatic nitrogens is 2. The quantitative estimate of drug-likeness (QED) is 0.490. The first kappa shape index (κ1) is 14.6. The summed E-state index contributed by atoms with van der Waals surface area (Å²) >= 11 is 0. The van der Waals surface area contributed by atoms with Crippen molar-refractivity contribution in [3.05, 3.63) is 45.0 Å². The molecule has 110 valence electrons. The number of hydrogen-bond acceptors (Lipinski definition) is 5. The number of carboxylic acid groups (broad SMARTS) is 1. The van der Waals surface area contributed by atoms with Gasteiger partial charge in [-0.25, -0.2) is 4.98 Å². The minimum absolute atomic E-state index is 0.0429. The molecule has 0 atom stereocenters. The average Bonchev–Trinajstić information content (AvgIpc) is 2.45. The van der Waals surface area contributed by atoms with Crippen LogP contribution in [0.25, 0.3) is 10.9 Å². The van der Waals surface area contributed by atoms with Gasteiger partial charge in [-0.05, 0) is 18.9 Å². The lowest BCUT2D eigenvalue weighted by atomic mass is 10.2. The normalized spacial score (nSPS) is 10.7. The van der Waals surface area contributed by atoms with E-state index in [0.717, 1.165) is 0 Å². The van der Waals surface area contributed by atoms with Gasteiger partial charge in [0, 0.05) is 25.1 Å². The van der Waals surface area contributed by atoms with Crippen LogP contribution < -0.4 is 5.56 Å². The third-order valence-electron chi connectivity index (χ3n) is 3.06. The lowest BCUT2D eigenvalue weighted by Crippen LogP contribution is -2.20. The SMILES string of the molecule is O=C(O)CCCCn1cnc2ccc([N+](=O)[O-])cc2c1=O. The number of hydrogen-bond donors (Lipinski definition) is 1. The van der Waals surface area contributed by atoms with Crippen molar-refractivity contribution in [3.63, 3.8) is 0 Å². The molecule has 0 unspecified atom stereocenters. The fourth-order valence-electron chi connectivity index (χ4n) is 1.98. The molecule has 0 fully saturated rings. The number of nitro benzene ring substituents is 1. The van der Waals surface area contributed by atoms with Gasteiger partial charge in [0.25, 0.3) is 11.2 Å². The van der Waals surface area contributed by atoms with E-state index in [-0.39, 0.29) is 23.1 Å². The summed E-state index contributed by atoms with van der Waals surface area (Å²) in [5, 5.41) is 19.5. The van der Waals surface area contributed by atoms with Crippen LogP contribution in [0.15, 0.2) is 29.3 Å². The summed E-state index contributed by atoms with van der Waals surface area (Å²) in [6.45, 7) is 0.331. The molecule has 8 nitrogen and oxygen atoms in total. The Balaban J connectivity index is 2.25. The number of aliphatic carboxylic acids is 1. The van der Waals surface area contributed by atoms with Gasteiger partial charge in [-0.1, -0.05) is 0 Å². The Bertz CT molecular complexity index is 753. The molecule has 8 heteroatoms. The van der Waals surface area contributed by atoms with E-state index >= 15 is 0 Å². The molecule has 0 aliphatic heterocycles. The van der Waals surface area contributed by atoms with Gasteiger partial charge in [0.2, 0.25) is 0 Å². The van der Waals surface area contributed by atoms with Gasteiger partial charge in [-0.3, -0.25) is 24.3 Å². The smallest absolute Gasteiger partial charge is 0.303 e. The number of benzene rings is 1. The number of aryl methyl sites for hydroxylation is 1. The molecule has 1 aromatic carbocycles. The van der Waals surface area contributed by atoms with E-state index in [9.17, 15) is 19.7 Å². The molecule has 0 aliphatic carbocycles. The maximum atomic E-state index is 12.2. The van der Waals surface area contributed by atoms with Crippen molar-refractivity contribution in [2.24, 2.45) is 0 Å². The van der Waals surface area contributed by atoms with Gasteiger partial charge in [-0.2, -0.15) is 0 Å². The second kappa shape index (κ2) is 6.12. The Morgan fingerprint density at radius 2 is 2.14 bits per heavy atom. The highest BCUT2D eigenvalue weighted by molar-refractivity contribution is 5.79. The van der Waals surface area contributed by atoms with Gasteiger partial charge in [0.1, 0.15) is 0 Å². The summed E-state index contributed by atoms with van der Waals surface area (Å²) in [6.07, 6.45) is 2.39. The predicted octanol–water partition coefficient (Wildman–Crippen LogP) is 1.56. The molecule has 0 radical (unpaired) electrons. The third-order valence-corrected chi connectivity index (χ3v) is 3.06. The molecular formula is C13H13N3O5.